The zero-order chi connectivity index (χ0) is 17.2. The lowest BCUT2D eigenvalue weighted by Gasteiger charge is -2.25. The Labute approximate surface area is 149 Å². The number of anilines is 1. The maximum absolute atomic E-state index is 6.08. The molecule has 1 atom stereocenters. The highest BCUT2D eigenvalue weighted by atomic mass is 16.5. The zero-order valence-electron chi connectivity index (χ0n) is 15.0. The quantitative estimate of drug-likeness (QED) is 0.929. The molecule has 4 rings (SSSR count). The van der Waals surface area contributed by atoms with Gasteiger partial charge < -0.3 is 15.0 Å². The van der Waals surface area contributed by atoms with Crippen LogP contribution in [0.3, 0.4) is 0 Å². The topological polar surface area (TPSA) is 50.3 Å². The fourth-order valence-electron chi connectivity index (χ4n) is 3.85. The number of rotatable bonds is 4. The summed E-state index contributed by atoms with van der Waals surface area (Å²) >= 11 is 0. The van der Waals surface area contributed by atoms with Crippen LogP contribution in [-0.4, -0.2) is 42.8 Å². The summed E-state index contributed by atoms with van der Waals surface area (Å²) in [5.74, 6) is 3.42. The van der Waals surface area contributed by atoms with Crippen LogP contribution in [0, 0.1) is 6.92 Å². The van der Waals surface area contributed by atoms with Crippen molar-refractivity contribution in [1.29, 1.82) is 0 Å². The first-order valence-corrected chi connectivity index (χ1v) is 9.21. The SMILES string of the molecule is Cc1nc(C2CCNCC2)cc(N(C)C[C@H]2Cc3ccccc3O2)n1. The highest BCUT2D eigenvalue weighted by Crippen LogP contribution is 2.30. The van der Waals surface area contributed by atoms with E-state index in [2.05, 4.69) is 46.5 Å². The minimum Gasteiger partial charge on any atom is -0.488 e. The Balaban J connectivity index is 1.47. The summed E-state index contributed by atoms with van der Waals surface area (Å²) in [5.41, 5.74) is 2.49. The number of fused-ring (bicyclic) bond motifs is 1. The zero-order valence-corrected chi connectivity index (χ0v) is 15.0. The average molecular weight is 338 g/mol. The number of aromatic nitrogens is 2. The smallest absolute Gasteiger partial charge is 0.132 e. The van der Waals surface area contributed by atoms with Crippen molar-refractivity contribution in [3.63, 3.8) is 0 Å². The fourth-order valence-corrected chi connectivity index (χ4v) is 3.85. The molecule has 0 unspecified atom stereocenters. The van der Waals surface area contributed by atoms with Crippen LogP contribution in [0.1, 0.15) is 35.8 Å². The molecule has 0 amide bonds. The van der Waals surface area contributed by atoms with Gasteiger partial charge in [-0.25, -0.2) is 9.97 Å². The predicted octanol–water partition coefficient (Wildman–Crippen LogP) is 2.69. The molecule has 1 aromatic heterocycles. The van der Waals surface area contributed by atoms with Crippen molar-refractivity contribution in [2.75, 3.05) is 31.6 Å². The number of para-hydroxylation sites is 1. The normalized spacial score (nSPS) is 20.2. The van der Waals surface area contributed by atoms with Crippen molar-refractivity contribution in [2.24, 2.45) is 0 Å². The number of piperidine rings is 1. The number of benzene rings is 1. The molecular weight excluding hydrogens is 312 g/mol. The van der Waals surface area contributed by atoms with Crippen LogP contribution in [0.4, 0.5) is 5.82 Å². The Hall–Kier alpha value is -2.14. The molecule has 25 heavy (non-hydrogen) atoms. The van der Waals surface area contributed by atoms with Gasteiger partial charge in [-0.3, -0.25) is 0 Å². The summed E-state index contributed by atoms with van der Waals surface area (Å²) in [6.07, 6.45) is 3.45. The minimum absolute atomic E-state index is 0.181. The van der Waals surface area contributed by atoms with Gasteiger partial charge in [0, 0.05) is 31.1 Å². The van der Waals surface area contributed by atoms with Crippen LogP contribution in [0.25, 0.3) is 0 Å². The van der Waals surface area contributed by atoms with Crippen molar-refractivity contribution < 1.29 is 4.74 Å². The van der Waals surface area contributed by atoms with Gasteiger partial charge in [-0.05, 0) is 44.5 Å². The van der Waals surface area contributed by atoms with Crippen molar-refractivity contribution in [2.45, 2.75) is 38.2 Å². The molecule has 3 heterocycles. The van der Waals surface area contributed by atoms with Gasteiger partial charge in [-0.15, -0.1) is 0 Å². The van der Waals surface area contributed by atoms with E-state index in [1.54, 1.807) is 0 Å². The van der Waals surface area contributed by atoms with E-state index in [1.165, 1.54) is 11.3 Å². The van der Waals surface area contributed by atoms with Gasteiger partial charge >= 0.3 is 0 Å². The number of ether oxygens (including phenoxy) is 1. The summed E-state index contributed by atoms with van der Waals surface area (Å²) in [4.78, 5) is 11.6. The van der Waals surface area contributed by atoms with E-state index in [4.69, 9.17) is 9.72 Å². The number of aryl methyl sites for hydroxylation is 1. The van der Waals surface area contributed by atoms with Crippen LogP contribution in [0.2, 0.25) is 0 Å². The van der Waals surface area contributed by atoms with Crippen LogP contribution >= 0.6 is 0 Å². The fraction of sp³-hybridized carbons (Fsp3) is 0.500. The molecule has 1 N–H and O–H groups in total. The molecule has 0 saturated carbocycles. The van der Waals surface area contributed by atoms with Crippen molar-refractivity contribution >= 4 is 5.82 Å². The van der Waals surface area contributed by atoms with E-state index in [0.717, 1.165) is 56.3 Å². The number of nitrogens with one attached hydrogen (secondary N) is 1. The molecule has 5 nitrogen and oxygen atoms in total. The molecule has 2 aliphatic rings. The number of likely N-dealkylation sites (N-methyl/N-ethyl adjacent to an activating group) is 1. The number of hydrogen-bond acceptors (Lipinski definition) is 5. The lowest BCUT2D eigenvalue weighted by Crippen LogP contribution is -2.33. The molecule has 2 aliphatic heterocycles. The second-order valence-corrected chi connectivity index (χ2v) is 7.15. The van der Waals surface area contributed by atoms with Gasteiger partial charge in [0.05, 0.1) is 6.54 Å². The molecule has 0 spiro atoms. The summed E-state index contributed by atoms with van der Waals surface area (Å²) in [7, 11) is 2.10. The van der Waals surface area contributed by atoms with Gasteiger partial charge in [0.2, 0.25) is 0 Å². The third-order valence-corrected chi connectivity index (χ3v) is 5.18. The Bertz CT molecular complexity index is 717. The molecular formula is C20H26N4O. The highest BCUT2D eigenvalue weighted by Gasteiger charge is 2.25. The molecule has 5 heteroatoms. The van der Waals surface area contributed by atoms with E-state index in [-0.39, 0.29) is 6.10 Å². The lowest BCUT2D eigenvalue weighted by molar-refractivity contribution is 0.239. The van der Waals surface area contributed by atoms with E-state index < -0.39 is 0 Å². The Kier molecular flexibility index (Phi) is 4.57. The molecule has 1 fully saturated rings. The van der Waals surface area contributed by atoms with Gasteiger partial charge in [-0.2, -0.15) is 0 Å². The maximum atomic E-state index is 6.08. The molecule has 0 bridgehead atoms. The van der Waals surface area contributed by atoms with Crippen LogP contribution in [0.5, 0.6) is 5.75 Å². The minimum atomic E-state index is 0.181. The van der Waals surface area contributed by atoms with Gasteiger partial charge in [0.1, 0.15) is 23.5 Å². The van der Waals surface area contributed by atoms with Gasteiger partial charge in [0.15, 0.2) is 0 Å². The Morgan fingerprint density at radius 2 is 2.00 bits per heavy atom. The largest absolute Gasteiger partial charge is 0.488 e. The summed E-state index contributed by atoms with van der Waals surface area (Å²) < 4.78 is 6.08. The molecule has 1 aromatic carbocycles. The average Bonchev–Trinajstić information content (AvgIpc) is 3.04. The maximum Gasteiger partial charge on any atom is 0.132 e. The van der Waals surface area contributed by atoms with E-state index in [0.29, 0.717) is 5.92 Å². The van der Waals surface area contributed by atoms with Crippen LogP contribution < -0.4 is 15.0 Å². The standard InChI is InChI=1S/C20H26N4O/c1-14-22-18(15-7-9-21-10-8-15)12-20(23-14)24(2)13-17-11-16-5-3-4-6-19(16)25-17/h3-6,12,15,17,21H,7-11,13H2,1-2H3/t17-/m1/s1. The van der Waals surface area contributed by atoms with Gasteiger partial charge in [0.25, 0.3) is 0 Å². The van der Waals surface area contributed by atoms with E-state index in [1.807, 2.05) is 13.0 Å². The van der Waals surface area contributed by atoms with Crippen molar-refractivity contribution in [3.05, 3.63) is 47.4 Å². The molecule has 0 radical (unpaired) electrons. The van der Waals surface area contributed by atoms with Gasteiger partial charge in [-0.1, -0.05) is 18.2 Å². The molecule has 132 valence electrons. The third kappa shape index (κ3) is 3.61. The molecule has 2 aromatic rings. The molecule has 0 aliphatic carbocycles. The number of hydrogen-bond donors (Lipinski definition) is 1. The second kappa shape index (κ2) is 7.00. The Morgan fingerprint density at radius 3 is 2.80 bits per heavy atom. The highest BCUT2D eigenvalue weighted by molar-refractivity contribution is 5.42. The summed E-state index contributed by atoms with van der Waals surface area (Å²) in [5, 5.41) is 3.42. The second-order valence-electron chi connectivity index (χ2n) is 7.15. The van der Waals surface area contributed by atoms with Crippen LogP contribution in [-0.2, 0) is 6.42 Å². The first-order chi connectivity index (χ1) is 12.2. The predicted molar refractivity (Wildman–Crippen MR) is 99.4 cm³/mol. The van der Waals surface area contributed by atoms with Crippen molar-refractivity contribution in [1.82, 2.24) is 15.3 Å². The third-order valence-electron chi connectivity index (χ3n) is 5.18. The first kappa shape index (κ1) is 16.3. The first-order valence-electron chi connectivity index (χ1n) is 9.21. The van der Waals surface area contributed by atoms with Crippen LogP contribution in [0.15, 0.2) is 30.3 Å². The lowest BCUT2D eigenvalue weighted by atomic mass is 9.94. The summed E-state index contributed by atoms with van der Waals surface area (Å²) in [6.45, 7) is 4.97. The van der Waals surface area contributed by atoms with E-state index >= 15 is 0 Å². The van der Waals surface area contributed by atoms with Crippen molar-refractivity contribution in [3.8, 4) is 5.75 Å². The Morgan fingerprint density at radius 1 is 1.20 bits per heavy atom. The number of nitrogens with zero attached hydrogens (tertiary/aromatic N) is 3. The van der Waals surface area contributed by atoms with E-state index in [9.17, 15) is 0 Å². The monoisotopic (exact) mass is 338 g/mol. The molecule has 1 saturated heterocycles. The summed E-state index contributed by atoms with van der Waals surface area (Å²) in [6, 6.07) is 10.5.